The van der Waals surface area contributed by atoms with Crippen molar-refractivity contribution in [2.45, 2.75) is 29.7 Å². The first-order valence-electron chi connectivity index (χ1n) is 0. The lowest BCUT2D eigenvalue weighted by Crippen LogP contribution is -0.289. The lowest BCUT2D eigenvalue weighted by atomic mass is 12.0. The van der Waals surface area contributed by atoms with Crippen molar-refractivity contribution < 1.29 is 5.48 Å². The molecule has 0 aromatic rings. The van der Waals surface area contributed by atoms with Crippen LogP contribution in [0.3, 0.4) is 0 Å². The Hall–Kier alpha value is -0.0400. The monoisotopic (exact) mass is 82.1 g/mol. The van der Waals surface area contributed by atoms with Gasteiger partial charge in [-0.1, -0.05) is 29.7 Å². The van der Waals surface area contributed by atoms with Crippen molar-refractivity contribution in [1.82, 2.24) is 0 Å². The number of hydrogen-bond donors (Lipinski definition) is 0. The van der Waals surface area contributed by atoms with E-state index in [-0.39, 0.29) is 35.2 Å². The van der Waals surface area contributed by atoms with E-state index in [1.165, 1.54) is 0 Å². The molecule has 0 saturated carbocycles. The molecule has 0 spiro atoms. The van der Waals surface area contributed by atoms with Gasteiger partial charge in [-0.2, -0.15) is 0 Å². The fraction of sp³-hybridized carbons (Fsp3) is 1.00. The van der Waals surface area contributed by atoms with Crippen molar-refractivity contribution in [2.24, 2.45) is 0 Å². The Kier molecular flexibility index (Phi) is 211000000. The molecular weight excluding hydrogens is 64.0 g/mol. The topological polar surface area (TPSA) is 31.5 Å². The van der Waals surface area contributed by atoms with E-state index in [2.05, 4.69) is 0 Å². The van der Waals surface area contributed by atoms with Crippen LogP contribution in [-0.2, 0) is 0 Å². The molecule has 1 heteroatoms. The van der Waals surface area contributed by atoms with Crippen molar-refractivity contribution in [1.29, 1.82) is 0 Å². The van der Waals surface area contributed by atoms with Crippen molar-refractivity contribution in [2.75, 3.05) is 0 Å². The average molecular weight is 82.2 g/mol. The molecule has 0 atom stereocenters. The van der Waals surface area contributed by atoms with Crippen LogP contribution >= 0.6 is 0 Å². The fourth-order valence-electron chi connectivity index (χ4n) is 0. The Labute approximate surface area is 36.3 Å². The first-order chi connectivity index (χ1) is 0. The van der Waals surface area contributed by atoms with Crippen molar-refractivity contribution in [3.63, 3.8) is 0 Å². The summed E-state index contributed by atoms with van der Waals surface area (Å²) in [4.78, 5) is 0. The van der Waals surface area contributed by atoms with Crippen LogP contribution < -0.4 is 0 Å². The minimum absolute atomic E-state index is 0. The van der Waals surface area contributed by atoms with Crippen LogP contribution in [-0.4, -0.2) is 5.48 Å². The van der Waals surface area contributed by atoms with Crippen LogP contribution in [0.1, 0.15) is 29.7 Å². The van der Waals surface area contributed by atoms with Crippen LogP contribution in [0.2, 0.25) is 0 Å². The third kappa shape index (κ3) is 9510. The maximum Gasteiger partial charge on any atom is -0.0776 e. The molecule has 0 aliphatic heterocycles. The maximum absolute atomic E-state index is 0. The van der Waals surface area contributed by atoms with Crippen LogP contribution in [0.15, 0.2) is 0 Å². The second kappa shape index (κ2) is 21700. The highest BCUT2D eigenvalue weighted by atomic mass is 16.0. The van der Waals surface area contributed by atoms with Gasteiger partial charge in [0.2, 0.25) is 0 Å². The summed E-state index contributed by atoms with van der Waals surface area (Å²) in [6, 6.07) is 0. The second-order valence-corrected chi connectivity index (χ2v) is 0. The normalized spacial score (nSPS) is 0. The molecule has 0 bridgehead atoms. The molecule has 0 radical (unpaired) electrons. The van der Waals surface area contributed by atoms with Gasteiger partial charge in [0.15, 0.2) is 0 Å². The molecule has 0 fully saturated rings. The molecule has 5 heavy (non-hydrogen) atoms. The second-order valence-electron chi connectivity index (χ2n) is 0. The molecule has 2 N–H and O–H groups in total. The molecule has 1 nitrogen and oxygen atoms in total. The highest BCUT2D eigenvalue weighted by molar-refractivity contribution is 2.51. The molecule has 0 unspecified atom stereocenters. The van der Waals surface area contributed by atoms with Crippen molar-refractivity contribution >= 4 is 0 Å². The number of hydrogen-bond acceptors (Lipinski definition) is 0. The largest absolute Gasteiger partial charge is 0.412 e. The first kappa shape index (κ1) is 48600. The average Bonchev–Trinajstić information content (AvgIpc) is 0. The highest BCUT2D eigenvalue weighted by Gasteiger charge is -0.0745. The van der Waals surface area contributed by atoms with E-state index < -0.39 is 0 Å². The molecule has 0 aromatic carbocycles. The highest BCUT2D eigenvalue weighted by Crippen LogP contribution is 0.147. The van der Waals surface area contributed by atoms with Crippen LogP contribution in [0.5, 0.6) is 0 Å². The molecule has 0 heterocycles. The van der Waals surface area contributed by atoms with Gasteiger partial charge >= 0.3 is 0 Å². The summed E-state index contributed by atoms with van der Waals surface area (Å²) in [6.07, 6.45) is 0. The van der Waals surface area contributed by atoms with Gasteiger partial charge in [0.05, 0.1) is 0 Å². The summed E-state index contributed by atoms with van der Waals surface area (Å²) in [5, 5.41) is 0. The zero-order valence-corrected chi connectivity index (χ0v) is 0.500. The van der Waals surface area contributed by atoms with Gasteiger partial charge < -0.3 is 5.48 Å². The quantitative estimate of drug-likeness (QED) is 0.426. The third-order valence-corrected chi connectivity index (χ3v) is 0. The summed E-state index contributed by atoms with van der Waals surface area (Å²) in [5.74, 6) is 0. The molecule has 0 amide bonds. The van der Waals surface area contributed by atoms with E-state index in [0.29, 0.717) is 0 Å². The summed E-state index contributed by atoms with van der Waals surface area (Å²) < 4.78 is 0. The Morgan fingerprint density at radius 2 is 0.400 bits per heavy atom. The SMILES string of the molecule is C.C.C.C.O. The van der Waals surface area contributed by atoms with E-state index >= 15 is 0 Å². The lowest BCUT2D eigenvalue weighted by Gasteiger charge is -0.412. The Balaban J connectivity index is 0. The molecular formula is C4H18O. The van der Waals surface area contributed by atoms with E-state index in [4.69, 9.17) is 0 Å². The van der Waals surface area contributed by atoms with Crippen LogP contribution in [0, 0.1) is 0 Å². The summed E-state index contributed by atoms with van der Waals surface area (Å²) >= 11 is 0. The van der Waals surface area contributed by atoms with Gasteiger partial charge in [0, 0.05) is 0 Å². The van der Waals surface area contributed by atoms with Gasteiger partial charge in [-0.3, -0.25) is 0 Å². The Morgan fingerprint density at radius 1 is 0.400 bits per heavy atom. The minimum Gasteiger partial charge on any atom is -0.412 e. The summed E-state index contributed by atoms with van der Waals surface area (Å²) in [6.45, 7) is 0. The lowest BCUT2D eigenvalue weighted by molar-refractivity contribution is 0.824. The smallest absolute Gasteiger partial charge is 0.0776 e. The molecule has 0 aliphatic rings. The van der Waals surface area contributed by atoms with Gasteiger partial charge in [-0.25, -0.2) is 0 Å². The van der Waals surface area contributed by atoms with Crippen molar-refractivity contribution in [3.8, 4) is 0 Å². The first-order valence-corrected chi connectivity index (χ1v) is 0. The zero-order chi connectivity index (χ0) is 0. The standard InChI is InChI=1S/4CH4.H2O/h4*1H4;1H2. The fourth-order valence-corrected chi connectivity index (χ4v) is 0. The van der Waals surface area contributed by atoms with E-state index in [1.807, 2.05) is 0 Å². The van der Waals surface area contributed by atoms with Crippen molar-refractivity contribution in [3.05, 3.63) is 0 Å². The van der Waals surface area contributed by atoms with Crippen LogP contribution in [0.25, 0.3) is 0 Å². The number of rotatable bonds is 0. The third-order valence-electron chi connectivity index (χ3n) is 0. The molecule has 40 valence electrons. The zero-order valence-electron chi connectivity index (χ0n) is 0.500. The van der Waals surface area contributed by atoms with Gasteiger partial charge in [0.25, 0.3) is 0 Å². The molecule has 0 saturated heterocycles. The van der Waals surface area contributed by atoms with E-state index in [9.17, 15) is 0 Å². The molecule has 0 aliphatic carbocycles. The molecule has 0 rings (SSSR count). The predicted octanol–water partition coefficient (Wildman–Crippen LogP) is 1.72. The predicted molar refractivity (Wildman–Crippen MR) is 30.5 cm³/mol. The summed E-state index contributed by atoms with van der Waals surface area (Å²) in [5.41, 5.74) is 0. The van der Waals surface area contributed by atoms with E-state index in [1.54, 1.807) is 0 Å². The summed E-state index contributed by atoms with van der Waals surface area (Å²) in [7, 11) is 0. The maximum atomic E-state index is 0. The van der Waals surface area contributed by atoms with Gasteiger partial charge in [0.1, 0.15) is 0 Å². The van der Waals surface area contributed by atoms with Crippen LogP contribution in [0.4, 0.5) is 0 Å². The molecule has 0 aromatic heterocycles. The van der Waals surface area contributed by atoms with E-state index in [0.717, 1.165) is 0 Å². The van der Waals surface area contributed by atoms with Gasteiger partial charge in [-0.15, -0.1) is 0 Å². The minimum atomic E-state index is 0. The Bertz CT molecular complexity index is 3.61. The van der Waals surface area contributed by atoms with Gasteiger partial charge in [-0.05, 0) is 0 Å². The Morgan fingerprint density at radius 3 is 0.400 bits per heavy atom.